The lowest BCUT2D eigenvalue weighted by Gasteiger charge is -2.34. The Morgan fingerprint density at radius 1 is 1.09 bits per heavy atom. The summed E-state index contributed by atoms with van der Waals surface area (Å²) in [6, 6.07) is 8.89. The number of nitrogens with two attached hydrogens (primary N) is 1. The van der Waals surface area contributed by atoms with Crippen molar-refractivity contribution in [3.8, 4) is 0 Å². The first-order valence-electron chi connectivity index (χ1n) is 9.09. The number of amides is 1. The topological polar surface area (TPSA) is 46.3 Å². The molecular weight excluding hydrogens is 284 g/mol. The van der Waals surface area contributed by atoms with Crippen molar-refractivity contribution in [2.45, 2.75) is 64.8 Å². The number of primary amides is 1. The zero-order valence-corrected chi connectivity index (χ0v) is 14.9. The minimum Gasteiger partial charge on any atom is -0.369 e. The second kappa shape index (κ2) is 8.49. The van der Waals surface area contributed by atoms with Crippen LogP contribution in [0.2, 0.25) is 0 Å². The molecule has 0 spiro atoms. The highest BCUT2D eigenvalue weighted by Crippen LogP contribution is 2.25. The van der Waals surface area contributed by atoms with E-state index in [1.54, 1.807) is 0 Å². The largest absolute Gasteiger partial charge is 0.369 e. The highest BCUT2D eigenvalue weighted by molar-refractivity contribution is 5.82. The summed E-state index contributed by atoms with van der Waals surface area (Å²) in [4.78, 5) is 14.5. The fourth-order valence-corrected chi connectivity index (χ4v) is 3.62. The first-order valence-corrected chi connectivity index (χ1v) is 9.09. The predicted octanol–water partition coefficient (Wildman–Crippen LogP) is 3.72. The normalized spacial score (nSPS) is 18.8. The van der Waals surface area contributed by atoms with Crippen LogP contribution in [-0.2, 0) is 11.2 Å². The Morgan fingerprint density at radius 2 is 1.70 bits per heavy atom. The van der Waals surface area contributed by atoms with E-state index in [0.29, 0.717) is 12.0 Å². The van der Waals surface area contributed by atoms with Gasteiger partial charge in [-0.3, -0.25) is 4.79 Å². The second-order valence-electron chi connectivity index (χ2n) is 7.48. The third kappa shape index (κ3) is 5.35. The number of rotatable bonds is 7. The molecule has 2 N–H and O–H groups in total. The van der Waals surface area contributed by atoms with Crippen LogP contribution in [0.3, 0.4) is 0 Å². The summed E-state index contributed by atoms with van der Waals surface area (Å²) in [6.45, 7) is 8.98. The molecule has 0 aliphatic carbocycles. The van der Waals surface area contributed by atoms with Crippen molar-refractivity contribution in [3.63, 3.8) is 0 Å². The van der Waals surface area contributed by atoms with Crippen molar-refractivity contribution < 1.29 is 4.79 Å². The Kier molecular flexibility index (Phi) is 6.64. The molecule has 2 rings (SSSR count). The van der Waals surface area contributed by atoms with Crippen molar-refractivity contribution in [3.05, 3.63) is 35.4 Å². The summed E-state index contributed by atoms with van der Waals surface area (Å²) in [6.07, 6.45) is 5.77. The molecular formula is C20H32N2O. The molecule has 1 heterocycles. The monoisotopic (exact) mass is 316 g/mol. The highest BCUT2D eigenvalue weighted by atomic mass is 16.1. The van der Waals surface area contributed by atoms with Gasteiger partial charge in [0, 0.05) is 6.04 Å². The molecule has 1 aromatic carbocycles. The molecule has 1 unspecified atom stereocenters. The van der Waals surface area contributed by atoms with Gasteiger partial charge in [-0.05, 0) is 62.7 Å². The number of piperidine rings is 1. The van der Waals surface area contributed by atoms with Gasteiger partial charge in [-0.15, -0.1) is 0 Å². The first kappa shape index (κ1) is 18.0. The molecule has 0 saturated carbocycles. The van der Waals surface area contributed by atoms with Gasteiger partial charge in [0.25, 0.3) is 0 Å². The molecule has 1 aliphatic rings. The van der Waals surface area contributed by atoms with Crippen molar-refractivity contribution in [1.29, 1.82) is 0 Å². The van der Waals surface area contributed by atoms with Crippen LogP contribution in [0.1, 0.15) is 63.5 Å². The molecule has 1 fully saturated rings. The van der Waals surface area contributed by atoms with Gasteiger partial charge >= 0.3 is 0 Å². The van der Waals surface area contributed by atoms with Crippen molar-refractivity contribution in [2.24, 2.45) is 11.7 Å². The van der Waals surface area contributed by atoms with Gasteiger partial charge in [-0.1, -0.05) is 44.5 Å². The van der Waals surface area contributed by atoms with Crippen LogP contribution in [0.15, 0.2) is 24.3 Å². The summed E-state index contributed by atoms with van der Waals surface area (Å²) >= 11 is 0. The quantitative estimate of drug-likeness (QED) is 0.833. The molecule has 1 amide bonds. The second-order valence-corrected chi connectivity index (χ2v) is 7.48. The Labute approximate surface area is 141 Å². The lowest BCUT2D eigenvalue weighted by Crippen LogP contribution is -2.39. The average Bonchev–Trinajstić information content (AvgIpc) is 2.53. The molecule has 0 radical (unpaired) electrons. The van der Waals surface area contributed by atoms with Crippen LogP contribution < -0.4 is 5.73 Å². The van der Waals surface area contributed by atoms with Gasteiger partial charge < -0.3 is 10.6 Å². The molecule has 128 valence electrons. The molecule has 0 bridgehead atoms. The number of hydrogen-bond acceptors (Lipinski definition) is 2. The van der Waals surface area contributed by atoms with Crippen molar-refractivity contribution in [1.82, 2.24) is 4.90 Å². The van der Waals surface area contributed by atoms with Gasteiger partial charge in [0.2, 0.25) is 5.91 Å². The Hall–Kier alpha value is -1.35. The SMILES string of the molecule is CC(C)Cc1ccc([C@H](CC(C)N2CCCCC2)C(N)=O)cc1. The lowest BCUT2D eigenvalue weighted by atomic mass is 9.89. The van der Waals surface area contributed by atoms with Crippen LogP contribution in [0.4, 0.5) is 0 Å². The van der Waals surface area contributed by atoms with Crippen LogP contribution in [0.25, 0.3) is 0 Å². The maximum atomic E-state index is 12.0. The van der Waals surface area contributed by atoms with E-state index in [1.165, 1.54) is 24.8 Å². The van der Waals surface area contributed by atoms with E-state index in [-0.39, 0.29) is 11.8 Å². The van der Waals surface area contributed by atoms with Gasteiger partial charge in [-0.25, -0.2) is 0 Å². The van der Waals surface area contributed by atoms with Crippen molar-refractivity contribution >= 4 is 5.91 Å². The molecule has 3 heteroatoms. The highest BCUT2D eigenvalue weighted by Gasteiger charge is 2.25. The molecule has 1 aromatic rings. The van der Waals surface area contributed by atoms with Crippen LogP contribution in [-0.4, -0.2) is 29.9 Å². The Bertz CT molecular complexity index is 489. The number of hydrogen-bond donors (Lipinski definition) is 1. The molecule has 1 saturated heterocycles. The number of benzene rings is 1. The third-order valence-electron chi connectivity index (χ3n) is 4.96. The molecule has 2 atom stereocenters. The fourth-order valence-electron chi connectivity index (χ4n) is 3.62. The standard InChI is InChI=1S/C20H32N2O/c1-15(2)13-17-7-9-18(10-8-17)19(20(21)23)14-16(3)22-11-5-4-6-12-22/h7-10,15-16,19H,4-6,11-14H2,1-3H3,(H2,21,23)/t16?,19-/m0/s1. The number of likely N-dealkylation sites (tertiary alicyclic amines) is 1. The minimum absolute atomic E-state index is 0.181. The van der Waals surface area contributed by atoms with Crippen LogP contribution >= 0.6 is 0 Å². The maximum Gasteiger partial charge on any atom is 0.225 e. The fraction of sp³-hybridized carbons (Fsp3) is 0.650. The summed E-state index contributed by atoms with van der Waals surface area (Å²) in [5.41, 5.74) is 8.10. The molecule has 1 aliphatic heterocycles. The number of carbonyl (C=O) groups is 1. The molecule has 3 nitrogen and oxygen atoms in total. The number of nitrogens with zero attached hydrogens (tertiary/aromatic N) is 1. The summed E-state index contributed by atoms with van der Waals surface area (Å²) in [5, 5.41) is 0. The zero-order chi connectivity index (χ0) is 16.8. The van der Waals surface area contributed by atoms with Crippen LogP contribution in [0.5, 0.6) is 0 Å². The van der Waals surface area contributed by atoms with Crippen LogP contribution in [0, 0.1) is 5.92 Å². The number of carbonyl (C=O) groups excluding carboxylic acids is 1. The van der Waals surface area contributed by atoms with Gasteiger partial charge in [-0.2, -0.15) is 0 Å². The van der Waals surface area contributed by atoms with E-state index in [4.69, 9.17) is 5.73 Å². The van der Waals surface area contributed by atoms with E-state index >= 15 is 0 Å². The summed E-state index contributed by atoms with van der Waals surface area (Å²) in [5.74, 6) is 0.261. The minimum atomic E-state index is -0.203. The van der Waals surface area contributed by atoms with E-state index < -0.39 is 0 Å². The predicted molar refractivity (Wildman–Crippen MR) is 96.4 cm³/mol. The van der Waals surface area contributed by atoms with E-state index in [9.17, 15) is 4.79 Å². The smallest absolute Gasteiger partial charge is 0.225 e. The Balaban J connectivity index is 2.04. The summed E-state index contributed by atoms with van der Waals surface area (Å²) in [7, 11) is 0. The van der Waals surface area contributed by atoms with Gasteiger partial charge in [0.1, 0.15) is 0 Å². The Morgan fingerprint density at radius 3 is 2.22 bits per heavy atom. The van der Waals surface area contributed by atoms with E-state index in [1.807, 2.05) is 0 Å². The third-order valence-corrected chi connectivity index (χ3v) is 4.96. The van der Waals surface area contributed by atoms with Gasteiger partial charge in [0.05, 0.1) is 5.92 Å². The van der Waals surface area contributed by atoms with E-state index in [2.05, 4.69) is 49.9 Å². The first-order chi connectivity index (χ1) is 11.0. The van der Waals surface area contributed by atoms with E-state index in [0.717, 1.165) is 31.5 Å². The summed E-state index contributed by atoms with van der Waals surface area (Å²) < 4.78 is 0. The maximum absolute atomic E-state index is 12.0. The van der Waals surface area contributed by atoms with Gasteiger partial charge in [0.15, 0.2) is 0 Å². The molecule has 0 aromatic heterocycles. The average molecular weight is 316 g/mol. The molecule has 23 heavy (non-hydrogen) atoms. The van der Waals surface area contributed by atoms with Crippen molar-refractivity contribution in [2.75, 3.05) is 13.1 Å². The lowest BCUT2D eigenvalue weighted by molar-refractivity contribution is -0.119. The zero-order valence-electron chi connectivity index (χ0n) is 14.9.